The number of aromatic nitrogens is 4. The maximum absolute atomic E-state index is 9.74. The monoisotopic (exact) mass is 377 g/mol. The van der Waals surface area contributed by atoms with Crippen LogP contribution in [0.3, 0.4) is 0 Å². The summed E-state index contributed by atoms with van der Waals surface area (Å²) in [5.41, 5.74) is 5.55. The van der Waals surface area contributed by atoms with Gasteiger partial charge in [0.15, 0.2) is 11.5 Å². The van der Waals surface area contributed by atoms with Crippen LogP contribution in [0.2, 0.25) is 0 Å². The largest absolute Gasteiger partial charge is 0.372 e. The molecule has 0 saturated carbocycles. The molecule has 0 fully saturated rings. The van der Waals surface area contributed by atoms with Gasteiger partial charge >= 0.3 is 0 Å². The van der Waals surface area contributed by atoms with Crippen LogP contribution in [-0.2, 0) is 25.7 Å². The number of nitrogens with zero attached hydrogens (tertiary/aromatic N) is 5. The Balaban J connectivity index is 1.94. The third-order valence-corrected chi connectivity index (χ3v) is 4.88. The van der Waals surface area contributed by atoms with Crippen molar-refractivity contribution in [2.24, 2.45) is 0 Å². The molecule has 0 aromatic carbocycles. The normalized spacial score (nSPS) is 10.8. The molecule has 0 spiro atoms. The van der Waals surface area contributed by atoms with E-state index in [0.717, 1.165) is 54.0 Å². The van der Waals surface area contributed by atoms with Gasteiger partial charge in [-0.3, -0.25) is 4.98 Å². The van der Waals surface area contributed by atoms with Crippen LogP contribution in [0.25, 0.3) is 5.65 Å². The molecule has 2 N–H and O–H groups in total. The lowest BCUT2D eigenvalue weighted by Gasteiger charge is -2.13. The van der Waals surface area contributed by atoms with E-state index in [9.17, 15) is 5.26 Å². The fourth-order valence-corrected chi connectivity index (χ4v) is 3.42. The minimum atomic E-state index is 0.470. The van der Waals surface area contributed by atoms with Crippen molar-refractivity contribution in [3.8, 4) is 6.07 Å². The summed E-state index contributed by atoms with van der Waals surface area (Å²) in [5.74, 6) is 1.25. The van der Waals surface area contributed by atoms with Gasteiger partial charge in [0.2, 0.25) is 0 Å². The van der Waals surface area contributed by atoms with E-state index in [-0.39, 0.29) is 0 Å². The number of nitriles is 1. The minimum absolute atomic E-state index is 0.470. The Kier molecular flexibility index (Phi) is 6.09. The predicted molar refractivity (Wildman–Crippen MR) is 112 cm³/mol. The summed E-state index contributed by atoms with van der Waals surface area (Å²) >= 11 is 0. The van der Waals surface area contributed by atoms with Gasteiger partial charge in [-0.1, -0.05) is 26.8 Å². The van der Waals surface area contributed by atoms with Gasteiger partial charge in [0.1, 0.15) is 17.5 Å². The highest BCUT2D eigenvalue weighted by Gasteiger charge is 2.20. The summed E-state index contributed by atoms with van der Waals surface area (Å²) in [7, 11) is 1.80. The summed E-state index contributed by atoms with van der Waals surface area (Å²) in [6, 6.07) is 8.38. The van der Waals surface area contributed by atoms with E-state index in [2.05, 4.69) is 47.6 Å². The smallest absolute Gasteiger partial charge is 0.163 e. The fraction of sp³-hybridized carbons (Fsp3) is 0.429. The summed E-state index contributed by atoms with van der Waals surface area (Å²) in [4.78, 5) is 9.40. The van der Waals surface area contributed by atoms with E-state index >= 15 is 0 Å². The van der Waals surface area contributed by atoms with Gasteiger partial charge in [0, 0.05) is 37.0 Å². The molecule has 28 heavy (non-hydrogen) atoms. The van der Waals surface area contributed by atoms with Crippen molar-refractivity contribution in [3.63, 3.8) is 0 Å². The summed E-state index contributed by atoms with van der Waals surface area (Å²) in [6.07, 6.45) is 3.37. The van der Waals surface area contributed by atoms with Crippen LogP contribution >= 0.6 is 0 Å². The molecule has 0 bridgehead atoms. The first-order valence-corrected chi connectivity index (χ1v) is 9.87. The molecule has 0 atom stereocenters. The lowest BCUT2D eigenvalue weighted by atomic mass is 10.1. The van der Waals surface area contributed by atoms with Gasteiger partial charge in [-0.25, -0.2) is 4.98 Å². The van der Waals surface area contributed by atoms with Gasteiger partial charge < -0.3 is 10.6 Å². The van der Waals surface area contributed by atoms with Crippen LogP contribution < -0.4 is 10.6 Å². The first-order chi connectivity index (χ1) is 13.7. The summed E-state index contributed by atoms with van der Waals surface area (Å²) in [5, 5.41) is 20.9. The van der Waals surface area contributed by atoms with Crippen molar-refractivity contribution >= 4 is 17.3 Å². The maximum atomic E-state index is 9.74. The molecule has 0 unspecified atom stereocenters. The molecule has 3 heterocycles. The minimum Gasteiger partial charge on any atom is -0.372 e. The number of pyridine rings is 1. The van der Waals surface area contributed by atoms with E-state index in [1.54, 1.807) is 11.6 Å². The zero-order valence-electron chi connectivity index (χ0n) is 17.0. The van der Waals surface area contributed by atoms with E-state index in [1.165, 1.54) is 0 Å². The molecule has 7 nitrogen and oxygen atoms in total. The summed E-state index contributed by atoms with van der Waals surface area (Å²) < 4.78 is 1.76. The molecular weight excluding hydrogens is 350 g/mol. The molecule has 0 aliphatic carbocycles. The molecule has 0 aliphatic rings. The average molecular weight is 377 g/mol. The van der Waals surface area contributed by atoms with Crippen molar-refractivity contribution in [2.75, 3.05) is 24.2 Å². The molecule has 146 valence electrons. The number of aryl methyl sites for hydroxylation is 3. The van der Waals surface area contributed by atoms with Crippen LogP contribution in [0, 0.1) is 11.3 Å². The van der Waals surface area contributed by atoms with Crippen LogP contribution in [0.5, 0.6) is 0 Å². The third kappa shape index (κ3) is 3.63. The maximum Gasteiger partial charge on any atom is 0.163 e. The van der Waals surface area contributed by atoms with Crippen molar-refractivity contribution in [1.29, 1.82) is 5.26 Å². The number of hydrogen-bond donors (Lipinski definition) is 2. The Morgan fingerprint density at radius 2 is 1.86 bits per heavy atom. The van der Waals surface area contributed by atoms with Gasteiger partial charge in [-0.2, -0.15) is 14.9 Å². The lowest BCUT2D eigenvalue weighted by molar-refractivity contribution is 0.880. The van der Waals surface area contributed by atoms with E-state index in [1.807, 2.05) is 18.2 Å². The fourth-order valence-electron chi connectivity index (χ4n) is 3.42. The van der Waals surface area contributed by atoms with Gasteiger partial charge in [0.25, 0.3) is 0 Å². The third-order valence-electron chi connectivity index (χ3n) is 4.88. The SMILES string of the molecule is CCc1cccc(CCNc2nc3c(CC)c(CC)nn3c(NC)c2C#N)n1. The average Bonchev–Trinajstić information content (AvgIpc) is 3.10. The Bertz CT molecular complexity index is 1010. The topological polar surface area (TPSA) is 90.9 Å². The van der Waals surface area contributed by atoms with Crippen LogP contribution in [0.1, 0.15) is 49.0 Å². The second-order valence-electron chi connectivity index (χ2n) is 6.56. The molecule has 0 aliphatic heterocycles. The zero-order chi connectivity index (χ0) is 20.1. The Morgan fingerprint density at radius 1 is 1.07 bits per heavy atom. The highest BCUT2D eigenvalue weighted by Crippen LogP contribution is 2.27. The number of fused-ring (bicyclic) bond motifs is 1. The molecule has 3 rings (SSSR count). The second-order valence-corrected chi connectivity index (χ2v) is 6.56. The van der Waals surface area contributed by atoms with Crippen molar-refractivity contribution < 1.29 is 0 Å². The molecule has 0 radical (unpaired) electrons. The molecule has 7 heteroatoms. The van der Waals surface area contributed by atoms with E-state index in [0.29, 0.717) is 23.7 Å². The van der Waals surface area contributed by atoms with Crippen molar-refractivity contribution in [2.45, 2.75) is 46.5 Å². The van der Waals surface area contributed by atoms with Crippen LogP contribution in [0.15, 0.2) is 18.2 Å². The van der Waals surface area contributed by atoms with Crippen molar-refractivity contribution in [1.82, 2.24) is 19.6 Å². The summed E-state index contributed by atoms with van der Waals surface area (Å²) in [6.45, 7) is 6.94. The van der Waals surface area contributed by atoms with Crippen LogP contribution in [0.4, 0.5) is 11.6 Å². The van der Waals surface area contributed by atoms with E-state index in [4.69, 9.17) is 4.98 Å². The predicted octanol–water partition coefficient (Wildman–Crippen LogP) is 3.38. The molecular formula is C21H27N7. The van der Waals surface area contributed by atoms with Gasteiger partial charge in [0.05, 0.1) is 5.69 Å². The number of anilines is 2. The Labute approximate surface area is 165 Å². The van der Waals surface area contributed by atoms with E-state index < -0.39 is 0 Å². The van der Waals surface area contributed by atoms with Crippen molar-refractivity contribution in [3.05, 3.63) is 46.4 Å². The van der Waals surface area contributed by atoms with Gasteiger partial charge in [-0.05, 0) is 31.4 Å². The molecule has 0 saturated heterocycles. The van der Waals surface area contributed by atoms with Gasteiger partial charge in [-0.15, -0.1) is 0 Å². The first-order valence-electron chi connectivity index (χ1n) is 9.87. The standard InChI is InChI=1S/C21H27N7/c1-5-14-9-8-10-15(25-14)11-12-24-19-17(13-22)20(23-4)28-21(26-19)16(6-2)18(7-3)27-28/h8-10,23H,5-7,11-12H2,1-4H3,(H,24,26). The number of nitrogens with one attached hydrogen (secondary N) is 2. The Morgan fingerprint density at radius 3 is 2.50 bits per heavy atom. The Hall–Kier alpha value is -3.14. The zero-order valence-corrected chi connectivity index (χ0v) is 17.0. The first kappa shape index (κ1) is 19.6. The molecule has 0 amide bonds. The number of hydrogen-bond acceptors (Lipinski definition) is 6. The highest BCUT2D eigenvalue weighted by atomic mass is 15.3. The number of rotatable bonds is 8. The van der Waals surface area contributed by atoms with Crippen LogP contribution in [-0.4, -0.2) is 33.2 Å². The second kappa shape index (κ2) is 8.70. The quantitative estimate of drug-likeness (QED) is 0.625. The molecule has 3 aromatic heterocycles. The highest BCUT2D eigenvalue weighted by molar-refractivity contribution is 5.71. The molecule has 3 aromatic rings. The lowest BCUT2D eigenvalue weighted by Crippen LogP contribution is -2.13.